The van der Waals surface area contributed by atoms with Gasteiger partial charge in [0.2, 0.25) is 0 Å². The molecule has 1 aliphatic rings. The van der Waals surface area contributed by atoms with E-state index in [2.05, 4.69) is 37.9 Å². The summed E-state index contributed by atoms with van der Waals surface area (Å²) in [5, 5.41) is 0. The van der Waals surface area contributed by atoms with Crippen molar-refractivity contribution in [3.05, 3.63) is 12.7 Å². The molecule has 0 nitrogen and oxygen atoms in total. The first-order valence-corrected chi connectivity index (χ1v) is 6.91. The zero-order valence-corrected chi connectivity index (χ0v) is 10.7. The third-order valence-electron chi connectivity index (χ3n) is 3.72. The van der Waals surface area contributed by atoms with Gasteiger partial charge in [-0.25, -0.2) is 0 Å². The third-order valence-corrected chi connectivity index (χ3v) is 4.20. The summed E-state index contributed by atoms with van der Waals surface area (Å²) >= 11 is 8.74. The van der Waals surface area contributed by atoms with Crippen LogP contribution < -0.4 is 0 Å². The van der Waals surface area contributed by atoms with Crippen LogP contribution in [0.3, 0.4) is 0 Å². The lowest BCUT2D eigenvalue weighted by Crippen LogP contribution is -2.32. The lowest BCUT2D eigenvalue weighted by atomic mass is 9.64. The molecule has 0 aromatic carbocycles. The molecule has 0 aromatic heterocycles. The van der Waals surface area contributed by atoms with E-state index in [9.17, 15) is 0 Å². The highest BCUT2D eigenvalue weighted by Gasteiger charge is 2.36. The second-order valence-electron chi connectivity index (χ2n) is 4.37. The summed E-state index contributed by atoms with van der Waals surface area (Å²) < 4.78 is 0. The fourth-order valence-electron chi connectivity index (χ4n) is 2.83. The van der Waals surface area contributed by atoms with Gasteiger partial charge >= 0.3 is 0 Å². The molecule has 0 radical (unpaired) electrons. The summed E-state index contributed by atoms with van der Waals surface area (Å²) in [7, 11) is 0. The minimum absolute atomic E-state index is 0.378. The van der Waals surface area contributed by atoms with Crippen LogP contribution in [0.2, 0.25) is 0 Å². The molecule has 0 amide bonds. The molecule has 1 fully saturated rings. The van der Waals surface area contributed by atoms with Crippen molar-refractivity contribution in [2.75, 3.05) is 11.5 Å². The average molecular weight is 230 g/mol. The van der Waals surface area contributed by atoms with Gasteiger partial charge in [-0.2, -0.15) is 25.3 Å². The standard InChI is InChI=1S/C12H22S2/c1-2-12(8-10-14)7-4-3-5-11(12)6-9-13/h2,11,13-14H,1,3-10H2. The number of hydrogen-bond acceptors (Lipinski definition) is 2. The lowest BCUT2D eigenvalue weighted by Gasteiger charge is -2.42. The average Bonchev–Trinajstić information content (AvgIpc) is 2.22. The minimum atomic E-state index is 0.378. The van der Waals surface area contributed by atoms with Gasteiger partial charge in [0.25, 0.3) is 0 Å². The monoisotopic (exact) mass is 230 g/mol. The van der Waals surface area contributed by atoms with Crippen molar-refractivity contribution >= 4 is 25.3 Å². The summed E-state index contributed by atoms with van der Waals surface area (Å²) in [5.74, 6) is 2.79. The van der Waals surface area contributed by atoms with Gasteiger partial charge in [-0.3, -0.25) is 0 Å². The molecule has 2 heteroatoms. The Kier molecular flexibility index (Phi) is 5.47. The Morgan fingerprint density at radius 1 is 1.29 bits per heavy atom. The number of allylic oxidation sites excluding steroid dienone is 1. The highest BCUT2D eigenvalue weighted by Crippen LogP contribution is 2.46. The van der Waals surface area contributed by atoms with E-state index >= 15 is 0 Å². The molecular weight excluding hydrogens is 208 g/mol. The van der Waals surface area contributed by atoms with Crippen molar-refractivity contribution < 1.29 is 0 Å². The van der Waals surface area contributed by atoms with E-state index in [1.165, 1.54) is 38.5 Å². The summed E-state index contributed by atoms with van der Waals surface area (Å²) in [6.07, 6.45) is 10.1. The van der Waals surface area contributed by atoms with Gasteiger partial charge in [0, 0.05) is 0 Å². The van der Waals surface area contributed by atoms with Crippen LogP contribution in [-0.4, -0.2) is 11.5 Å². The van der Waals surface area contributed by atoms with Crippen molar-refractivity contribution in [2.24, 2.45) is 11.3 Å². The Labute approximate surface area is 99.4 Å². The molecule has 0 aliphatic heterocycles. The molecule has 0 saturated heterocycles. The van der Waals surface area contributed by atoms with Gasteiger partial charge < -0.3 is 0 Å². The smallest absolute Gasteiger partial charge is 0.00846 e. The van der Waals surface area contributed by atoms with Crippen LogP contribution in [-0.2, 0) is 0 Å². The van der Waals surface area contributed by atoms with E-state index in [1.807, 2.05) is 0 Å². The summed E-state index contributed by atoms with van der Waals surface area (Å²) in [4.78, 5) is 0. The maximum absolute atomic E-state index is 4.38. The van der Waals surface area contributed by atoms with Gasteiger partial charge in [0.05, 0.1) is 0 Å². The number of hydrogen-bond donors (Lipinski definition) is 2. The number of rotatable bonds is 5. The molecule has 2 atom stereocenters. The number of thiol groups is 2. The van der Waals surface area contributed by atoms with Crippen LogP contribution in [0.4, 0.5) is 0 Å². The molecule has 0 spiro atoms. The summed E-state index contributed by atoms with van der Waals surface area (Å²) in [6.45, 7) is 4.05. The van der Waals surface area contributed by atoms with E-state index in [0.29, 0.717) is 5.41 Å². The molecular formula is C12H22S2. The summed E-state index contributed by atoms with van der Waals surface area (Å²) in [6, 6.07) is 0. The predicted octanol–water partition coefficient (Wildman–Crippen LogP) is 3.99. The molecule has 1 rings (SSSR count). The van der Waals surface area contributed by atoms with Crippen molar-refractivity contribution in [1.82, 2.24) is 0 Å². The van der Waals surface area contributed by atoms with Gasteiger partial charge in [-0.05, 0) is 48.5 Å². The van der Waals surface area contributed by atoms with Crippen molar-refractivity contribution in [3.63, 3.8) is 0 Å². The molecule has 82 valence electrons. The van der Waals surface area contributed by atoms with Gasteiger partial charge in [0.15, 0.2) is 0 Å². The quantitative estimate of drug-likeness (QED) is 0.518. The maximum Gasteiger partial charge on any atom is -0.00846 e. The SMILES string of the molecule is C=CC1(CCS)CCCCC1CCS. The minimum Gasteiger partial charge on any atom is -0.179 e. The molecule has 1 saturated carbocycles. The van der Waals surface area contributed by atoms with E-state index in [1.54, 1.807) is 0 Å². The Bertz CT molecular complexity index is 173. The van der Waals surface area contributed by atoms with Crippen LogP contribution in [0.15, 0.2) is 12.7 Å². The van der Waals surface area contributed by atoms with E-state index in [0.717, 1.165) is 17.4 Å². The highest BCUT2D eigenvalue weighted by atomic mass is 32.1. The fourth-order valence-corrected chi connectivity index (χ4v) is 3.56. The first-order valence-electron chi connectivity index (χ1n) is 5.64. The van der Waals surface area contributed by atoms with Crippen LogP contribution in [0.1, 0.15) is 38.5 Å². The van der Waals surface area contributed by atoms with Crippen LogP contribution in [0, 0.1) is 11.3 Å². The Hall–Kier alpha value is 0.440. The van der Waals surface area contributed by atoms with E-state index in [-0.39, 0.29) is 0 Å². The molecule has 0 heterocycles. The topological polar surface area (TPSA) is 0 Å². The summed E-state index contributed by atoms with van der Waals surface area (Å²) in [5.41, 5.74) is 0.378. The Morgan fingerprint density at radius 2 is 2.07 bits per heavy atom. The molecule has 0 aromatic rings. The fraction of sp³-hybridized carbons (Fsp3) is 0.833. The maximum atomic E-state index is 4.38. The molecule has 1 aliphatic carbocycles. The molecule has 0 bridgehead atoms. The molecule has 2 unspecified atom stereocenters. The third kappa shape index (κ3) is 2.73. The zero-order chi connectivity index (χ0) is 10.4. The Balaban J connectivity index is 2.69. The lowest BCUT2D eigenvalue weighted by molar-refractivity contribution is 0.143. The first-order chi connectivity index (χ1) is 6.79. The second-order valence-corrected chi connectivity index (χ2v) is 5.26. The molecule has 14 heavy (non-hydrogen) atoms. The van der Waals surface area contributed by atoms with E-state index in [4.69, 9.17) is 0 Å². The van der Waals surface area contributed by atoms with Gasteiger partial charge in [-0.15, -0.1) is 6.58 Å². The van der Waals surface area contributed by atoms with Crippen molar-refractivity contribution in [1.29, 1.82) is 0 Å². The molecule has 0 N–H and O–H groups in total. The second kappa shape index (κ2) is 6.12. The van der Waals surface area contributed by atoms with Gasteiger partial charge in [0.1, 0.15) is 0 Å². The largest absolute Gasteiger partial charge is 0.179 e. The van der Waals surface area contributed by atoms with E-state index < -0.39 is 0 Å². The van der Waals surface area contributed by atoms with Crippen LogP contribution in [0.5, 0.6) is 0 Å². The first kappa shape index (κ1) is 12.5. The Morgan fingerprint density at radius 3 is 2.64 bits per heavy atom. The normalized spacial score (nSPS) is 32.9. The van der Waals surface area contributed by atoms with Gasteiger partial charge in [-0.1, -0.05) is 18.9 Å². The predicted molar refractivity (Wildman–Crippen MR) is 71.5 cm³/mol. The van der Waals surface area contributed by atoms with Crippen LogP contribution >= 0.6 is 25.3 Å². The van der Waals surface area contributed by atoms with Crippen molar-refractivity contribution in [3.8, 4) is 0 Å². The van der Waals surface area contributed by atoms with Crippen molar-refractivity contribution in [2.45, 2.75) is 38.5 Å². The highest BCUT2D eigenvalue weighted by molar-refractivity contribution is 7.80. The zero-order valence-electron chi connectivity index (χ0n) is 8.91. The van der Waals surface area contributed by atoms with Crippen LogP contribution in [0.25, 0.3) is 0 Å².